The Labute approximate surface area is 42.5 Å². The van der Waals surface area contributed by atoms with Gasteiger partial charge in [0.25, 0.3) is 0 Å². The van der Waals surface area contributed by atoms with Crippen LogP contribution in [-0.2, 0) is 0 Å². The summed E-state index contributed by atoms with van der Waals surface area (Å²) in [6.07, 6.45) is 0. The first kappa shape index (κ1) is 6.75. The third-order valence-electron chi connectivity index (χ3n) is 0.364. The third-order valence-corrected chi connectivity index (χ3v) is 0.364. The van der Waals surface area contributed by atoms with Crippen LogP contribution in [0.1, 0.15) is 0 Å². The van der Waals surface area contributed by atoms with Gasteiger partial charge in [-0.2, -0.15) is 5.26 Å². The Hall–Kier alpha value is -1.25. The molecule has 0 fully saturated rings. The third kappa shape index (κ3) is 1.11. The minimum Gasteiger partial charge on any atom is -0.258 e. The van der Waals surface area contributed by atoms with Crippen molar-refractivity contribution in [2.24, 2.45) is 0 Å². The van der Waals surface area contributed by atoms with Crippen LogP contribution in [0.15, 0.2) is 0 Å². The number of rotatable bonds is 1. The van der Waals surface area contributed by atoms with Crippen molar-refractivity contribution in [3.05, 3.63) is 10.1 Å². The van der Waals surface area contributed by atoms with E-state index in [-0.39, 0.29) is 6.07 Å². The average Bonchev–Trinajstić information content (AvgIpc) is 1.67. The van der Waals surface area contributed by atoms with Crippen molar-refractivity contribution < 1.29 is 13.7 Å². The highest BCUT2D eigenvalue weighted by atomic mass is 19.3. The van der Waals surface area contributed by atoms with E-state index in [4.69, 9.17) is 15.4 Å². The van der Waals surface area contributed by atoms with Gasteiger partial charge in [-0.3, -0.25) is 10.1 Å². The molecule has 0 aliphatic carbocycles. The molecule has 0 amide bonds. The van der Waals surface area contributed by atoms with E-state index in [1.807, 2.05) is 0 Å². The number of alkyl halides is 2. The standard InChI is InChI=1S/C2F2N2O2/c3-2(4,1-5)6(7)8. The maximum Gasteiger partial charge on any atom is 0.605 e. The fraction of sp³-hybridized carbons (Fsp3) is 0.500. The Morgan fingerprint density at radius 2 is 2.12 bits per heavy atom. The molecule has 0 rings (SSSR count). The van der Waals surface area contributed by atoms with E-state index in [9.17, 15) is 8.78 Å². The van der Waals surface area contributed by atoms with E-state index < -0.39 is 11.0 Å². The molecule has 44 valence electrons. The number of hydrogen-bond donors (Lipinski definition) is 0. The van der Waals surface area contributed by atoms with Crippen molar-refractivity contribution in [1.29, 1.82) is 5.26 Å². The zero-order chi connectivity index (χ0) is 6.78. The van der Waals surface area contributed by atoms with E-state index in [1.165, 1.54) is 0 Å². The van der Waals surface area contributed by atoms with Gasteiger partial charge >= 0.3 is 6.05 Å². The SMILES string of the molecule is N#CC(F)(F)[N+](=O)[O-]. The Morgan fingerprint density at radius 1 is 1.75 bits per heavy atom. The normalized spacial score (nSPS) is 10.1. The molecule has 0 bridgehead atoms. The Morgan fingerprint density at radius 3 is 2.12 bits per heavy atom. The van der Waals surface area contributed by atoms with Gasteiger partial charge in [0, 0.05) is 0 Å². The van der Waals surface area contributed by atoms with Gasteiger partial charge in [-0.25, -0.2) is 0 Å². The highest BCUT2D eigenvalue weighted by molar-refractivity contribution is 4.80. The zero-order valence-electron chi connectivity index (χ0n) is 3.47. The van der Waals surface area contributed by atoms with Crippen molar-refractivity contribution in [3.63, 3.8) is 0 Å². The van der Waals surface area contributed by atoms with Crippen molar-refractivity contribution in [1.82, 2.24) is 0 Å². The number of hydrogen-bond acceptors (Lipinski definition) is 3. The van der Waals surface area contributed by atoms with Crippen molar-refractivity contribution in [3.8, 4) is 6.07 Å². The molecular formula is C2F2N2O2. The first-order valence-electron chi connectivity index (χ1n) is 1.44. The van der Waals surface area contributed by atoms with Crippen molar-refractivity contribution in [2.75, 3.05) is 0 Å². The molecule has 0 atom stereocenters. The topological polar surface area (TPSA) is 66.9 Å². The lowest BCUT2D eigenvalue weighted by molar-refractivity contribution is -0.622. The Bertz CT molecular complexity index is 149. The molecule has 0 saturated carbocycles. The molecule has 0 aromatic carbocycles. The first-order valence-corrected chi connectivity index (χ1v) is 1.44. The van der Waals surface area contributed by atoms with Crippen LogP contribution in [0, 0.1) is 21.4 Å². The fourth-order valence-corrected chi connectivity index (χ4v) is 0.0408. The average molecular weight is 122 g/mol. The molecule has 0 aromatic rings. The van der Waals surface area contributed by atoms with Crippen LogP contribution < -0.4 is 0 Å². The molecule has 6 heteroatoms. The lowest BCUT2D eigenvalue weighted by atomic mass is 10.7. The van der Waals surface area contributed by atoms with Gasteiger partial charge in [-0.1, -0.05) is 0 Å². The lowest BCUT2D eigenvalue weighted by Gasteiger charge is -1.91. The Balaban J connectivity index is 4.19. The summed E-state index contributed by atoms with van der Waals surface area (Å²) in [7, 11) is 0. The zero-order valence-corrected chi connectivity index (χ0v) is 3.47. The molecule has 0 spiro atoms. The van der Waals surface area contributed by atoms with Crippen molar-refractivity contribution in [2.45, 2.75) is 6.05 Å². The molecule has 0 saturated heterocycles. The minimum absolute atomic E-state index is 0.208. The summed E-state index contributed by atoms with van der Waals surface area (Å²) in [4.78, 5) is 7.13. The van der Waals surface area contributed by atoms with Crippen LogP contribution in [0.3, 0.4) is 0 Å². The maximum absolute atomic E-state index is 11.2. The number of halogens is 2. The van der Waals surface area contributed by atoms with Gasteiger partial charge in [-0.05, 0) is 0 Å². The molecule has 0 unspecified atom stereocenters. The summed E-state index contributed by atoms with van der Waals surface area (Å²) in [5, 5.41) is 16.4. The van der Waals surface area contributed by atoms with E-state index >= 15 is 0 Å². The van der Waals surface area contributed by atoms with Crippen LogP contribution in [0.4, 0.5) is 8.78 Å². The highest BCUT2D eigenvalue weighted by Gasteiger charge is 2.44. The smallest absolute Gasteiger partial charge is 0.258 e. The summed E-state index contributed by atoms with van der Waals surface area (Å²) >= 11 is 0. The van der Waals surface area contributed by atoms with E-state index in [1.54, 1.807) is 0 Å². The van der Waals surface area contributed by atoms with Gasteiger partial charge in [0.1, 0.15) is 4.92 Å². The summed E-state index contributed by atoms with van der Waals surface area (Å²) in [6, 6.07) is -4.22. The van der Waals surface area contributed by atoms with Crippen LogP contribution in [0.25, 0.3) is 0 Å². The molecule has 0 aliphatic rings. The summed E-state index contributed by atoms with van der Waals surface area (Å²) < 4.78 is 22.4. The first-order chi connectivity index (χ1) is 3.50. The van der Waals surface area contributed by atoms with E-state index in [0.29, 0.717) is 0 Å². The Kier molecular flexibility index (Phi) is 1.43. The van der Waals surface area contributed by atoms with Crippen LogP contribution in [0.5, 0.6) is 0 Å². The predicted molar refractivity (Wildman–Crippen MR) is 17.6 cm³/mol. The molecule has 0 N–H and O–H groups in total. The van der Waals surface area contributed by atoms with Crippen molar-refractivity contribution >= 4 is 0 Å². The van der Waals surface area contributed by atoms with Gasteiger partial charge in [-0.15, -0.1) is 8.78 Å². The minimum atomic E-state index is -4.43. The van der Waals surface area contributed by atoms with Gasteiger partial charge in [0.15, 0.2) is 0 Å². The van der Waals surface area contributed by atoms with Gasteiger partial charge in [0.05, 0.1) is 0 Å². The summed E-state index contributed by atoms with van der Waals surface area (Å²) in [5.41, 5.74) is 0. The summed E-state index contributed by atoms with van der Waals surface area (Å²) in [6.45, 7) is 0. The van der Waals surface area contributed by atoms with E-state index in [0.717, 1.165) is 0 Å². The predicted octanol–water partition coefficient (Wildman–Crippen LogP) is 0.379. The highest BCUT2D eigenvalue weighted by Crippen LogP contribution is 2.10. The summed E-state index contributed by atoms with van der Waals surface area (Å²) in [5.74, 6) is 0. The number of nitriles is 1. The van der Waals surface area contributed by atoms with Gasteiger partial charge < -0.3 is 0 Å². The second kappa shape index (κ2) is 1.69. The molecule has 0 radical (unpaired) electrons. The largest absolute Gasteiger partial charge is 0.605 e. The van der Waals surface area contributed by atoms with Gasteiger partial charge in [0.2, 0.25) is 6.07 Å². The van der Waals surface area contributed by atoms with Crippen LogP contribution >= 0.6 is 0 Å². The quantitative estimate of drug-likeness (QED) is 0.287. The molecular weight excluding hydrogens is 122 g/mol. The lowest BCUT2D eigenvalue weighted by Crippen LogP contribution is -2.24. The monoisotopic (exact) mass is 122 g/mol. The molecule has 0 aliphatic heterocycles. The van der Waals surface area contributed by atoms with E-state index in [2.05, 4.69) is 0 Å². The number of nitrogens with zero attached hydrogens (tertiary/aromatic N) is 2. The second-order valence-corrected chi connectivity index (χ2v) is 0.910. The van der Waals surface area contributed by atoms with Crippen LogP contribution in [-0.4, -0.2) is 11.0 Å². The maximum atomic E-state index is 11.2. The fourth-order valence-electron chi connectivity index (χ4n) is 0.0408. The van der Waals surface area contributed by atoms with Crippen LogP contribution in [0.2, 0.25) is 0 Å². The number of nitro groups is 1. The molecule has 0 heterocycles. The molecule has 0 aromatic heterocycles. The molecule has 8 heavy (non-hydrogen) atoms. The molecule has 4 nitrogen and oxygen atoms in total. The second-order valence-electron chi connectivity index (χ2n) is 0.910.